The Morgan fingerprint density at radius 3 is 2.19 bits per heavy atom. The van der Waals surface area contributed by atoms with Gasteiger partial charge in [0.15, 0.2) is 0 Å². The van der Waals surface area contributed by atoms with Crippen LogP contribution in [0.2, 0.25) is 0 Å². The van der Waals surface area contributed by atoms with Crippen LogP contribution < -0.4 is 4.90 Å². The summed E-state index contributed by atoms with van der Waals surface area (Å²) in [5.74, 6) is -3.27. The van der Waals surface area contributed by atoms with Crippen LogP contribution in [-0.2, 0) is 9.53 Å². The lowest BCUT2D eigenvalue weighted by atomic mass is 10.0. The van der Waals surface area contributed by atoms with Gasteiger partial charge in [-0.15, -0.1) is 0 Å². The first-order chi connectivity index (χ1) is 12.7. The number of Topliss-reactive ketones (excluding diaryl/α,β-unsaturated/α-hetero) is 1. The summed E-state index contributed by atoms with van der Waals surface area (Å²) in [5.41, 5.74) is -0.661. The van der Waals surface area contributed by atoms with Gasteiger partial charge in [0.05, 0.1) is 6.61 Å². The first kappa shape index (κ1) is 20.8. The number of benzene rings is 1. The molecule has 1 aromatic carbocycles. The summed E-state index contributed by atoms with van der Waals surface area (Å²) in [6.07, 6.45) is 1.28. The van der Waals surface area contributed by atoms with Crippen molar-refractivity contribution in [3.63, 3.8) is 0 Å². The maximum Gasteiger partial charge on any atom is 0.343 e. The summed E-state index contributed by atoms with van der Waals surface area (Å²) in [6, 6.07) is 1.95. The van der Waals surface area contributed by atoms with E-state index < -0.39 is 23.4 Å². The molecule has 148 valence electrons. The standard InChI is InChI=1S/C19H25F2N3O3/c1-5-27-19(26)14(12-22(2)3)18(25)13-10-15(20)17(16(21)11-13)24-8-6-23(4)7-9-24/h10-12H,5-9H2,1-4H3. The van der Waals surface area contributed by atoms with E-state index in [1.807, 2.05) is 7.05 Å². The van der Waals surface area contributed by atoms with Crippen LogP contribution in [0.25, 0.3) is 0 Å². The summed E-state index contributed by atoms with van der Waals surface area (Å²) in [4.78, 5) is 29.9. The van der Waals surface area contributed by atoms with Gasteiger partial charge in [0, 0.05) is 52.0 Å². The van der Waals surface area contributed by atoms with Crippen molar-refractivity contribution in [1.29, 1.82) is 0 Å². The van der Waals surface area contributed by atoms with Gasteiger partial charge in [-0.25, -0.2) is 13.6 Å². The van der Waals surface area contributed by atoms with E-state index in [9.17, 15) is 18.4 Å². The number of piperazine rings is 1. The van der Waals surface area contributed by atoms with E-state index in [-0.39, 0.29) is 23.4 Å². The molecule has 0 unspecified atom stereocenters. The first-order valence-corrected chi connectivity index (χ1v) is 8.77. The number of likely N-dealkylation sites (N-methyl/N-ethyl adjacent to an activating group) is 1. The molecule has 0 aromatic heterocycles. The number of nitrogens with zero attached hydrogens (tertiary/aromatic N) is 3. The fraction of sp³-hybridized carbons (Fsp3) is 0.474. The molecule has 1 fully saturated rings. The van der Waals surface area contributed by atoms with Crippen LogP contribution in [0, 0.1) is 11.6 Å². The van der Waals surface area contributed by atoms with Crippen LogP contribution >= 0.6 is 0 Å². The van der Waals surface area contributed by atoms with E-state index in [4.69, 9.17) is 4.74 Å². The number of carbonyl (C=O) groups is 2. The van der Waals surface area contributed by atoms with Crippen LogP contribution in [-0.4, -0.2) is 75.5 Å². The highest BCUT2D eigenvalue weighted by Gasteiger charge is 2.26. The lowest BCUT2D eigenvalue weighted by molar-refractivity contribution is -0.138. The van der Waals surface area contributed by atoms with Crippen molar-refractivity contribution in [2.75, 3.05) is 58.8 Å². The zero-order chi connectivity index (χ0) is 20.1. The molecule has 0 saturated carbocycles. The molecular weight excluding hydrogens is 356 g/mol. The SMILES string of the molecule is CCOC(=O)C(=CN(C)C)C(=O)c1cc(F)c(N2CCN(C)CC2)c(F)c1. The van der Waals surface area contributed by atoms with Crippen molar-refractivity contribution in [2.24, 2.45) is 0 Å². The normalized spacial score (nSPS) is 15.6. The highest BCUT2D eigenvalue weighted by Crippen LogP contribution is 2.27. The predicted molar refractivity (Wildman–Crippen MR) is 98.8 cm³/mol. The lowest BCUT2D eigenvalue weighted by Crippen LogP contribution is -2.45. The largest absolute Gasteiger partial charge is 0.462 e. The van der Waals surface area contributed by atoms with Gasteiger partial charge in [-0.3, -0.25) is 4.79 Å². The van der Waals surface area contributed by atoms with Crippen molar-refractivity contribution in [1.82, 2.24) is 9.80 Å². The molecular formula is C19H25F2N3O3. The maximum atomic E-state index is 14.6. The molecule has 0 spiro atoms. The molecule has 8 heteroatoms. The van der Waals surface area contributed by atoms with Gasteiger partial charge < -0.3 is 19.4 Å². The summed E-state index contributed by atoms with van der Waals surface area (Å²) in [5, 5.41) is 0. The number of anilines is 1. The summed E-state index contributed by atoms with van der Waals surface area (Å²) in [6.45, 7) is 4.07. The van der Waals surface area contributed by atoms with E-state index in [1.54, 1.807) is 25.9 Å². The molecule has 2 rings (SSSR count). The minimum absolute atomic E-state index is 0.0853. The predicted octanol–water partition coefficient (Wildman–Crippen LogP) is 1.91. The quantitative estimate of drug-likeness (QED) is 0.247. The Labute approximate surface area is 158 Å². The minimum Gasteiger partial charge on any atom is -0.462 e. The van der Waals surface area contributed by atoms with Gasteiger partial charge in [-0.2, -0.15) is 0 Å². The van der Waals surface area contributed by atoms with Gasteiger partial charge in [0.1, 0.15) is 22.9 Å². The van der Waals surface area contributed by atoms with Crippen LogP contribution in [0.3, 0.4) is 0 Å². The van der Waals surface area contributed by atoms with Gasteiger partial charge >= 0.3 is 5.97 Å². The number of ether oxygens (including phenoxy) is 1. The maximum absolute atomic E-state index is 14.6. The van der Waals surface area contributed by atoms with E-state index in [2.05, 4.69) is 4.90 Å². The highest BCUT2D eigenvalue weighted by molar-refractivity contribution is 6.24. The Hall–Kier alpha value is -2.48. The third-order valence-corrected chi connectivity index (χ3v) is 4.23. The van der Waals surface area contributed by atoms with Gasteiger partial charge in [-0.05, 0) is 26.1 Å². The zero-order valence-electron chi connectivity index (χ0n) is 16.1. The molecule has 0 amide bonds. The third kappa shape index (κ3) is 5.03. The molecule has 1 aliphatic rings. The zero-order valence-corrected chi connectivity index (χ0v) is 16.1. The summed E-state index contributed by atoms with van der Waals surface area (Å²) < 4.78 is 34.2. The Kier molecular flexibility index (Phi) is 6.90. The van der Waals surface area contributed by atoms with Crippen molar-refractivity contribution < 1.29 is 23.1 Å². The molecule has 1 aromatic rings. The van der Waals surface area contributed by atoms with Crippen molar-refractivity contribution in [3.05, 3.63) is 41.1 Å². The second-order valence-electron chi connectivity index (χ2n) is 6.63. The number of rotatable bonds is 6. The molecule has 0 bridgehead atoms. The van der Waals surface area contributed by atoms with Crippen LogP contribution in [0.1, 0.15) is 17.3 Å². The molecule has 1 saturated heterocycles. The van der Waals surface area contributed by atoms with Gasteiger partial charge in [-0.1, -0.05) is 0 Å². The van der Waals surface area contributed by atoms with E-state index in [0.29, 0.717) is 26.2 Å². The summed E-state index contributed by atoms with van der Waals surface area (Å²) >= 11 is 0. The van der Waals surface area contributed by atoms with E-state index >= 15 is 0 Å². The number of ketones is 1. The van der Waals surface area contributed by atoms with Crippen molar-refractivity contribution in [2.45, 2.75) is 6.92 Å². The smallest absolute Gasteiger partial charge is 0.343 e. The number of esters is 1. The van der Waals surface area contributed by atoms with Gasteiger partial charge in [0.25, 0.3) is 0 Å². The average molecular weight is 381 g/mol. The number of hydrogen-bond donors (Lipinski definition) is 0. The Balaban J connectivity index is 2.35. The fourth-order valence-electron chi connectivity index (χ4n) is 2.86. The molecule has 0 radical (unpaired) electrons. The highest BCUT2D eigenvalue weighted by atomic mass is 19.1. The topological polar surface area (TPSA) is 53.1 Å². The minimum atomic E-state index is -0.833. The van der Waals surface area contributed by atoms with Crippen LogP contribution in [0.4, 0.5) is 14.5 Å². The number of hydrogen-bond acceptors (Lipinski definition) is 6. The van der Waals surface area contributed by atoms with Crippen molar-refractivity contribution in [3.8, 4) is 0 Å². The first-order valence-electron chi connectivity index (χ1n) is 8.77. The number of carbonyl (C=O) groups excluding carboxylic acids is 2. The molecule has 0 atom stereocenters. The van der Waals surface area contributed by atoms with Crippen molar-refractivity contribution >= 4 is 17.4 Å². The third-order valence-electron chi connectivity index (χ3n) is 4.23. The molecule has 6 nitrogen and oxygen atoms in total. The molecule has 1 aliphatic heterocycles. The molecule has 1 heterocycles. The number of halogens is 2. The molecule has 27 heavy (non-hydrogen) atoms. The van der Waals surface area contributed by atoms with E-state index in [1.165, 1.54) is 11.1 Å². The monoisotopic (exact) mass is 381 g/mol. The van der Waals surface area contributed by atoms with E-state index in [0.717, 1.165) is 12.1 Å². The Morgan fingerprint density at radius 1 is 1.15 bits per heavy atom. The Bertz CT molecular complexity index is 719. The summed E-state index contributed by atoms with van der Waals surface area (Å²) in [7, 11) is 5.20. The average Bonchev–Trinajstić information content (AvgIpc) is 2.60. The lowest BCUT2D eigenvalue weighted by Gasteiger charge is -2.34. The van der Waals surface area contributed by atoms with Crippen LogP contribution in [0.5, 0.6) is 0 Å². The van der Waals surface area contributed by atoms with Crippen LogP contribution in [0.15, 0.2) is 23.9 Å². The second-order valence-corrected chi connectivity index (χ2v) is 6.63. The fourth-order valence-corrected chi connectivity index (χ4v) is 2.86. The van der Waals surface area contributed by atoms with Gasteiger partial charge in [0.2, 0.25) is 5.78 Å². The molecule has 0 aliphatic carbocycles. The molecule has 0 N–H and O–H groups in total. The second kappa shape index (κ2) is 8.94. The Morgan fingerprint density at radius 2 is 1.70 bits per heavy atom.